The Morgan fingerprint density at radius 2 is 1.73 bits per heavy atom. The number of hydrogen-bond donors (Lipinski definition) is 3. The Morgan fingerprint density at radius 1 is 1.27 bits per heavy atom. The molecule has 0 saturated carbocycles. The van der Waals surface area contributed by atoms with Crippen LogP contribution in [0, 0.1) is 0 Å². The van der Waals surface area contributed by atoms with Crippen LogP contribution in [-0.4, -0.2) is 59.4 Å². The van der Waals surface area contributed by atoms with Crippen molar-refractivity contribution >= 4 is 5.91 Å². The van der Waals surface area contributed by atoms with Gasteiger partial charge in [-0.2, -0.15) is 0 Å². The van der Waals surface area contributed by atoms with Gasteiger partial charge in [0.15, 0.2) is 0 Å². The Labute approximate surface area is 91.1 Å². The van der Waals surface area contributed by atoms with Gasteiger partial charge in [0, 0.05) is 32.1 Å². The summed E-state index contributed by atoms with van der Waals surface area (Å²) < 4.78 is 0. The molecule has 2 atom stereocenters. The molecule has 0 aliphatic heterocycles. The second-order valence-electron chi connectivity index (χ2n) is 3.78. The number of nitrogens with zero attached hydrogens (tertiary/aromatic N) is 1. The van der Waals surface area contributed by atoms with Gasteiger partial charge in [-0.15, -0.1) is 0 Å². The highest BCUT2D eigenvalue weighted by Crippen LogP contribution is 2.03. The van der Waals surface area contributed by atoms with Crippen LogP contribution in [0.1, 0.15) is 20.8 Å². The number of aliphatic hydroxyl groups excluding tert-OH is 2. The number of carbonyl (C=O) groups excluding carboxylic acids is 1. The summed E-state index contributed by atoms with van der Waals surface area (Å²) in [5.74, 6) is -0.0664. The molecule has 0 saturated heterocycles. The molecule has 0 rings (SSSR count). The standard InChI is InChI=1S/C10H22N2O3/c1-8(6-13)12(9(2)7-14)5-4-11-10(3)15/h8-9,13-14H,4-7H2,1-3H3,(H,11,15). The van der Waals surface area contributed by atoms with Crippen molar-refractivity contribution in [1.29, 1.82) is 0 Å². The number of hydrogen-bond acceptors (Lipinski definition) is 4. The molecule has 0 aromatic rings. The highest BCUT2D eigenvalue weighted by molar-refractivity contribution is 5.72. The molecule has 0 aromatic carbocycles. The largest absolute Gasteiger partial charge is 0.395 e. The van der Waals surface area contributed by atoms with Gasteiger partial charge in [0.25, 0.3) is 0 Å². The minimum atomic E-state index is -0.0664. The molecule has 5 heteroatoms. The number of carbonyl (C=O) groups is 1. The van der Waals surface area contributed by atoms with Crippen molar-refractivity contribution in [2.45, 2.75) is 32.9 Å². The summed E-state index contributed by atoms with van der Waals surface area (Å²) in [6.07, 6.45) is 0. The van der Waals surface area contributed by atoms with Gasteiger partial charge in [-0.1, -0.05) is 0 Å². The highest BCUT2D eigenvalue weighted by atomic mass is 16.3. The van der Waals surface area contributed by atoms with E-state index in [0.29, 0.717) is 13.1 Å². The molecular formula is C10H22N2O3. The predicted octanol–water partition coefficient (Wildman–Crippen LogP) is -0.814. The van der Waals surface area contributed by atoms with Crippen LogP contribution < -0.4 is 5.32 Å². The van der Waals surface area contributed by atoms with Crippen molar-refractivity contribution in [1.82, 2.24) is 10.2 Å². The molecule has 0 spiro atoms. The van der Waals surface area contributed by atoms with Gasteiger partial charge < -0.3 is 15.5 Å². The molecule has 5 nitrogen and oxygen atoms in total. The van der Waals surface area contributed by atoms with E-state index in [1.165, 1.54) is 6.92 Å². The van der Waals surface area contributed by atoms with Crippen molar-refractivity contribution in [3.63, 3.8) is 0 Å². The van der Waals surface area contributed by atoms with Gasteiger partial charge in [-0.05, 0) is 13.8 Å². The molecule has 0 fully saturated rings. The number of aliphatic hydroxyl groups is 2. The summed E-state index contributed by atoms with van der Waals surface area (Å²) in [5.41, 5.74) is 0. The monoisotopic (exact) mass is 218 g/mol. The zero-order chi connectivity index (χ0) is 11.8. The van der Waals surface area contributed by atoms with Crippen LogP contribution in [0.4, 0.5) is 0 Å². The molecule has 90 valence electrons. The van der Waals surface area contributed by atoms with Crippen LogP contribution in [0.3, 0.4) is 0 Å². The average Bonchev–Trinajstić information content (AvgIpc) is 2.22. The molecular weight excluding hydrogens is 196 g/mol. The number of amides is 1. The van der Waals surface area contributed by atoms with E-state index in [1.54, 1.807) is 0 Å². The van der Waals surface area contributed by atoms with E-state index in [4.69, 9.17) is 10.2 Å². The summed E-state index contributed by atoms with van der Waals surface area (Å²) in [6, 6.07) is -0.0261. The van der Waals surface area contributed by atoms with Crippen LogP contribution in [0.15, 0.2) is 0 Å². The molecule has 2 unspecified atom stereocenters. The third-order valence-corrected chi connectivity index (χ3v) is 2.40. The third kappa shape index (κ3) is 5.71. The quantitative estimate of drug-likeness (QED) is 0.522. The maximum Gasteiger partial charge on any atom is 0.216 e. The average molecular weight is 218 g/mol. The first-order valence-corrected chi connectivity index (χ1v) is 5.24. The van der Waals surface area contributed by atoms with Gasteiger partial charge in [0.2, 0.25) is 5.91 Å². The Morgan fingerprint density at radius 3 is 2.07 bits per heavy atom. The summed E-state index contributed by atoms with van der Waals surface area (Å²) in [4.78, 5) is 12.6. The van der Waals surface area contributed by atoms with Crippen molar-refractivity contribution < 1.29 is 15.0 Å². The SMILES string of the molecule is CC(=O)NCCN(C(C)CO)C(C)CO. The minimum Gasteiger partial charge on any atom is -0.395 e. The number of nitrogens with one attached hydrogen (secondary N) is 1. The normalized spacial score (nSPS) is 15.1. The van der Waals surface area contributed by atoms with E-state index >= 15 is 0 Å². The van der Waals surface area contributed by atoms with E-state index in [2.05, 4.69) is 5.32 Å². The molecule has 0 aliphatic rings. The molecule has 0 aliphatic carbocycles. The third-order valence-electron chi connectivity index (χ3n) is 2.40. The van der Waals surface area contributed by atoms with Gasteiger partial charge >= 0.3 is 0 Å². The zero-order valence-corrected chi connectivity index (χ0v) is 9.73. The molecule has 0 bridgehead atoms. The maximum atomic E-state index is 10.7. The smallest absolute Gasteiger partial charge is 0.216 e. The Balaban J connectivity index is 4.07. The maximum absolute atomic E-state index is 10.7. The first-order chi connectivity index (χ1) is 7.02. The topological polar surface area (TPSA) is 72.8 Å². The first-order valence-electron chi connectivity index (χ1n) is 5.24. The lowest BCUT2D eigenvalue weighted by molar-refractivity contribution is -0.119. The van der Waals surface area contributed by atoms with Crippen molar-refractivity contribution in [2.24, 2.45) is 0 Å². The zero-order valence-electron chi connectivity index (χ0n) is 9.73. The van der Waals surface area contributed by atoms with E-state index in [0.717, 1.165) is 0 Å². The predicted molar refractivity (Wildman–Crippen MR) is 58.5 cm³/mol. The lowest BCUT2D eigenvalue weighted by atomic mass is 10.2. The Hall–Kier alpha value is -0.650. The van der Waals surface area contributed by atoms with Gasteiger partial charge in [-0.3, -0.25) is 9.69 Å². The van der Waals surface area contributed by atoms with Gasteiger partial charge in [-0.25, -0.2) is 0 Å². The van der Waals surface area contributed by atoms with Crippen LogP contribution in [0.25, 0.3) is 0 Å². The van der Waals surface area contributed by atoms with E-state index in [9.17, 15) is 4.79 Å². The van der Waals surface area contributed by atoms with Crippen LogP contribution in [-0.2, 0) is 4.79 Å². The van der Waals surface area contributed by atoms with Gasteiger partial charge in [0.1, 0.15) is 0 Å². The van der Waals surface area contributed by atoms with Crippen LogP contribution in [0.2, 0.25) is 0 Å². The summed E-state index contributed by atoms with van der Waals surface area (Å²) in [7, 11) is 0. The summed E-state index contributed by atoms with van der Waals surface area (Å²) in [5, 5.41) is 20.8. The molecule has 15 heavy (non-hydrogen) atoms. The molecule has 3 N–H and O–H groups in total. The Bertz CT molecular complexity index is 178. The second kappa shape index (κ2) is 7.62. The molecule has 0 heterocycles. The fourth-order valence-electron chi connectivity index (χ4n) is 1.45. The van der Waals surface area contributed by atoms with Crippen LogP contribution >= 0.6 is 0 Å². The van der Waals surface area contributed by atoms with E-state index in [1.807, 2.05) is 18.7 Å². The van der Waals surface area contributed by atoms with Gasteiger partial charge in [0.05, 0.1) is 13.2 Å². The van der Waals surface area contributed by atoms with Crippen molar-refractivity contribution in [2.75, 3.05) is 26.3 Å². The van der Waals surface area contributed by atoms with Crippen LogP contribution in [0.5, 0.6) is 0 Å². The molecule has 1 amide bonds. The molecule has 0 radical (unpaired) electrons. The summed E-state index contributed by atoms with van der Waals surface area (Å²) in [6.45, 7) is 6.50. The minimum absolute atomic E-state index is 0.0130. The van der Waals surface area contributed by atoms with E-state index < -0.39 is 0 Å². The van der Waals surface area contributed by atoms with Crippen molar-refractivity contribution in [3.05, 3.63) is 0 Å². The summed E-state index contributed by atoms with van der Waals surface area (Å²) >= 11 is 0. The lowest BCUT2D eigenvalue weighted by Crippen LogP contribution is -2.47. The second-order valence-corrected chi connectivity index (χ2v) is 3.78. The fraction of sp³-hybridized carbons (Fsp3) is 0.900. The molecule has 0 aromatic heterocycles. The van der Waals surface area contributed by atoms with Crippen molar-refractivity contribution in [3.8, 4) is 0 Å². The Kier molecular flexibility index (Phi) is 7.29. The first kappa shape index (κ1) is 14.3. The highest BCUT2D eigenvalue weighted by Gasteiger charge is 2.18. The number of rotatable bonds is 7. The lowest BCUT2D eigenvalue weighted by Gasteiger charge is -2.32. The fourth-order valence-corrected chi connectivity index (χ4v) is 1.45. The van der Waals surface area contributed by atoms with E-state index in [-0.39, 0.29) is 31.2 Å².